The van der Waals surface area contributed by atoms with E-state index in [9.17, 15) is 9.59 Å². The Kier molecular flexibility index (Phi) is 7.95. The summed E-state index contributed by atoms with van der Waals surface area (Å²) in [5.41, 5.74) is 2.01. The second-order valence-electron chi connectivity index (χ2n) is 8.37. The average molecular weight is 472 g/mol. The van der Waals surface area contributed by atoms with Gasteiger partial charge in [0.2, 0.25) is 5.91 Å². The molecule has 184 valence electrons. The number of ether oxygens (including phenoxy) is 3. The van der Waals surface area contributed by atoms with Crippen molar-refractivity contribution in [2.24, 2.45) is 5.92 Å². The van der Waals surface area contributed by atoms with Gasteiger partial charge >= 0.3 is 0 Å². The molecule has 2 saturated heterocycles. The molecular formula is C25H33N3O6. The number of piperidine rings is 1. The summed E-state index contributed by atoms with van der Waals surface area (Å²) < 4.78 is 22.3. The van der Waals surface area contributed by atoms with Crippen LogP contribution in [0.2, 0.25) is 0 Å². The zero-order valence-electron chi connectivity index (χ0n) is 19.9. The van der Waals surface area contributed by atoms with E-state index in [1.807, 2.05) is 26.0 Å². The standard InChI is InChI=1S/C25H33N3O6/c1-3-33-22-15-21(27-9-12-31-13-10-27)23(34-4-2)14-20(22)26-24(29)18-6-5-8-28(16-18)25(30)19-7-11-32-17-19/h7,11,14-15,17-18H,3-6,8-10,12-13,16H2,1-2H3,(H,26,29). The monoisotopic (exact) mass is 471 g/mol. The van der Waals surface area contributed by atoms with Gasteiger partial charge in [-0.05, 0) is 32.8 Å². The molecule has 0 saturated carbocycles. The van der Waals surface area contributed by atoms with Gasteiger partial charge in [-0.2, -0.15) is 0 Å². The highest BCUT2D eigenvalue weighted by Crippen LogP contribution is 2.39. The lowest BCUT2D eigenvalue weighted by Crippen LogP contribution is -2.43. The molecule has 1 N–H and O–H groups in total. The van der Waals surface area contributed by atoms with Crippen molar-refractivity contribution in [3.05, 3.63) is 36.3 Å². The van der Waals surface area contributed by atoms with E-state index in [0.29, 0.717) is 62.3 Å². The zero-order valence-corrected chi connectivity index (χ0v) is 19.9. The highest BCUT2D eigenvalue weighted by Gasteiger charge is 2.30. The van der Waals surface area contributed by atoms with Crippen LogP contribution in [-0.4, -0.2) is 69.3 Å². The van der Waals surface area contributed by atoms with E-state index in [0.717, 1.165) is 31.6 Å². The van der Waals surface area contributed by atoms with Crippen LogP contribution in [0.25, 0.3) is 0 Å². The highest BCUT2D eigenvalue weighted by atomic mass is 16.5. The second-order valence-corrected chi connectivity index (χ2v) is 8.37. The van der Waals surface area contributed by atoms with E-state index in [-0.39, 0.29) is 17.7 Å². The number of nitrogens with zero attached hydrogens (tertiary/aromatic N) is 2. The van der Waals surface area contributed by atoms with Crippen LogP contribution in [-0.2, 0) is 9.53 Å². The number of rotatable bonds is 8. The molecule has 1 atom stereocenters. The number of morpholine rings is 1. The summed E-state index contributed by atoms with van der Waals surface area (Å²) in [4.78, 5) is 29.9. The Balaban J connectivity index is 1.52. The molecule has 0 spiro atoms. The van der Waals surface area contributed by atoms with Crippen molar-refractivity contribution in [2.45, 2.75) is 26.7 Å². The first-order valence-corrected chi connectivity index (χ1v) is 12.0. The van der Waals surface area contributed by atoms with Gasteiger partial charge in [-0.25, -0.2) is 0 Å². The molecular weight excluding hydrogens is 438 g/mol. The fourth-order valence-electron chi connectivity index (χ4n) is 4.42. The number of anilines is 2. The largest absolute Gasteiger partial charge is 0.492 e. The number of likely N-dealkylation sites (tertiary alicyclic amines) is 1. The first-order chi connectivity index (χ1) is 16.6. The molecule has 0 aliphatic carbocycles. The van der Waals surface area contributed by atoms with Crippen molar-refractivity contribution in [3.8, 4) is 11.5 Å². The minimum atomic E-state index is -0.312. The van der Waals surface area contributed by atoms with Crippen LogP contribution < -0.4 is 19.7 Å². The van der Waals surface area contributed by atoms with Crippen LogP contribution in [0.5, 0.6) is 11.5 Å². The summed E-state index contributed by atoms with van der Waals surface area (Å²) in [7, 11) is 0. The van der Waals surface area contributed by atoms with Crippen LogP contribution in [0.3, 0.4) is 0 Å². The van der Waals surface area contributed by atoms with Gasteiger partial charge in [-0.1, -0.05) is 0 Å². The molecule has 2 amide bonds. The molecule has 1 aromatic heterocycles. The SMILES string of the molecule is CCOc1cc(N2CCOCC2)c(OCC)cc1NC(=O)C1CCCN(C(=O)c2ccoc2)C1. The fourth-order valence-corrected chi connectivity index (χ4v) is 4.42. The van der Waals surface area contributed by atoms with E-state index in [1.165, 1.54) is 12.5 Å². The van der Waals surface area contributed by atoms with Crippen LogP contribution in [0.1, 0.15) is 37.0 Å². The third kappa shape index (κ3) is 5.47. The maximum Gasteiger partial charge on any atom is 0.257 e. The summed E-state index contributed by atoms with van der Waals surface area (Å²) in [6.45, 7) is 8.66. The summed E-state index contributed by atoms with van der Waals surface area (Å²) >= 11 is 0. The lowest BCUT2D eigenvalue weighted by molar-refractivity contribution is -0.121. The Morgan fingerprint density at radius 2 is 1.85 bits per heavy atom. The zero-order chi connectivity index (χ0) is 23.9. The van der Waals surface area contributed by atoms with Gasteiger partial charge < -0.3 is 33.7 Å². The van der Waals surface area contributed by atoms with Crippen LogP contribution >= 0.6 is 0 Å². The summed E-state index contributed by atoms with van der Waals surface area (Å²) in [5, 5.41) is 3.04. The first-order valence-electron chi connectivity index (χ1n) is 12.0. The molecule has 4 rings (SSSR count). The van der Waals surface area contributed by atoms with Crippen molar-refractivity contribution < 1.29 is 28.2 Å². The minimum absolute atomic E-state index is 0.116. The van der Waals surface area contributed by atoms with Gasteiger partial charge in [0.05, 0.1) is 55.5 Å². The topological polar surface area (TPSA) is 93.5 Å². The van der Waals surface area contributed by atoms with E-state index < -0.39 is 0 Å². The highest BCUT2D eigenvalue weighted by molar-refractivity contribution is 5.97. The summed E-state index contributed by atoms with van der Waals surface area (Å²) in [6.07, 6.45) is 4.40. The number of hydrogen-bond donors (Lipinski definition) is 1. The summed E-state index contributed by atoms with van der Waals surface area (Å²) in [6, 6.07) is 5.42. The van der Waals surface area contributed by atoms with E-state index in [1.54, 1.807) is 11.0 Å². The molecule has 2 aliphatic heterocycles. The van der Waals surface area contributed by atoms with Crippen LogP contribution in [0, 0.1) is 5.92 Å². The molecule has 34 heavy (non-hydrogen) atoms. The van der Waals surface area contributed by atoms with E-state index in [4.69, 9.17) is 18.6 Å². The van der Waals surface area contributed by atoms with E-state index >= 15 is 0 Å². The molecule has 3 heterocycles. The third-order valence-electron chi connectivity index (χ3n) is 6.12. The molecule has 2 aliphatic rings. The minimum Gasteiger partial charge on any atom is -0.492 e. The third-order valence-corrected chi connectivity index (χ3v) is 6.12. The Morgan fingerprint density at radius 1 is 1.09 bits per heavy atom. The predicted octanol–water partition coefficient (Wildman–Crippen LogP) is 3.40. The van der Waals surface area contributed by atoms with Crippen molar-refractivity contribution in [1.29, 1.82) is 0 Å². The lowest BCUT2D eigenvalue weighted by atomic mass is 9.96. The number of carbonyl (C=O) groups excluding carboxylic acids is 2. The molecule has 2 aromatic rings. The normalized spacial score (nSPS) is 18.5. The molecule has 9 heteroatoms. The average Bonchev–Trinajstić information content (AvgIpc) is 3.41. The Morgan fingerprint density at radius 3 is 2.56 bits per heavy atom. The van der Waals surface area contributed by atoms with Gasteiger partial charge in [-0.3, -0.25) is 9.59 Å². The summed E-state index contributed by atoms with van der Waals surface area (Å²) in [5.74, 6) is 0.738. The van der Waals surface area contributed by atoms with Crippen molar-refractivity contribution in [1.82, 2.24) is 4.90 Å². The van der Waals surface area contributed by atoms with Crippen LogP contribution in [0.15, 0.2) is 35.1 Å². The van der Waals surface area contributed by atoms with E-state index in [2.05, 4.69) is 10.2 Å². The maximum absolute atomic E-state index is 13.2. The molecule has 1 unspecified atom stereocenters. The number of hydrogen-bond acceptors (Lipinski definition) is 7. The molecule has 1 aromatic carbocycles. The number of amides is 2. The smallest absolute Gasteiger partial charge is 0.257 e. The number of nitrogens with one attached hydrogen (secondary N) is 1. The van der Waals surface area contributed by atoms with Crippen molar-refractivity contribution >= 4 is 23.2 Å². The molecule has 9 nitrogen and oxygen atoms in total. The second kappa shape index (κ2) is 11.3. The van der Waals surface area contributed by atoms with Gasteiger partial charge in [0.1, 0.15) is 17.8 Å². The van der Waals surface area contributed by atoms with Gasteiger partial charge in [0.15, 0.2) is 0 Å². The van der Waals surface area contributed by atoms with Gasteiger partial charge in [0.25, 0.3) is 5.91 Å². The maximum atomic E-state index is 13.2. The quantitative estimate of drug-likeness (QED) is 0.631. The van der Waals surface area contributed by atoms with Crippen molar-refractivity contribution in [3.63, 3.8) is 0 Å². The molecule has 0 radical (unpaired) electrons. The lowest BCUT2D eigenvalue weighted by Gasteiger charge is -2.32. The Bertz CT molecular complexity index is 971. The Hall–Kier alpha value is -3.20. The predicted molar refractivity (Wildman–Crippen MR) is 128 cm³/mol. The Labute approximate surface area is 199 Å². The van der Waals surface area contributed by atoms with Crippen LogP contribution in [0.4, 0.5) is 11.4 Å². The van der Waals surface area contributed by atoms with Crippen molar-refractivity contribution in [2.75, 3.05) is 62.8 Å². The molecule has 2 fully saturated rings. The first kappa shape index (κ1) is 23.9. The fraction of sp³-hybridized carbons (Fsp3) is 0.520. The number of carbonyl (C=O) groups is 2. The number of benzene rings is 1. The number of furan rings is 1. The van der Waals surface area contributed by atoms with Gasteiger partial charge in [0, 0.05) is 38.3 Å². The molecule has 0 bridgehead atoms. The van der Waals surface area contributed by atoms with Gasteiger partial charge in [-0.15, -0.1) is 0 Å².